The van der Waals surface area contributed by atoms with E-state index >= 15 is 0 Å². The molecule has 0 saturated carbocycles. The zero-order valence-corrected chi connectivity index (χ0v) is 15.4. The van der Waals surface area contributed by atoms with Gasteiger partial charge in [-0.2, -0.15) is 0 Å². The molecule has 2 aromatic rings. The molecule has 0 radical (unpaired) electrons. The number of hydrogen-bond acceptors (Lipinski definition) is 3. The van der Waals surface area contributed by atoms with Crippen LogP contribution in [-0.4, -0.2) is 25.1 Å². The predicted molar refractivity (Wildman–Crippen MR) is 104 cm³/mol. The fourth-order valence-corrected chi connectivity index (χ4v) is 2.49. The Kier molecular flexibility index (Phi) is 7.02. The van der Waals surface area contributed by atoms with E-state index in [0.29, 0.717) is 30.9 Å². The highest BCUT2D eigenvalue weighted by Crippen LogP contribution is 2.22. The van der Waals surface area contributed by atoms with Gasteiger partial charge in [0, 0.05) is 24.8 Å². The van der Waals surface area contributed by atoms with Gasteiger partial charge in [-0.25, -0.2) is 4.79 Å². The summed E-state index contributed by atoms with van der Waals surface area (Å²) >= 11 is 0. The Balaban J connectivity index is 1.68. The van der Waals surface area contributed by atoms with E-state index in [2.05, 4.69) is 16.0 Å². The number of aryl methyl sites for hydroxylation is 2. The van der Waals surface area contributed by atoms with Crippen LogP contribution in [0.4, 0.5) is 16.2 Å². The van der Waals surface area contributed by atoms with Crippen LogP contribution in [0.1, 0.15) is 24.5 Å². The highest BCUT2D eigenvalue weighted by atomic mass is 16.5. The van der Waals surface area contributed by atoms with Crippen LogP contribution in [0.2, 0.25) is 0 Å². The first-order valence-electron chi connectivity index (χ1n) is 8.57. The monoisotopic (exact) mass is 355 g/mol. The summed E-state index contributed by atoms with van der Waals surface area (Å²) in [5.74, 6) is 0.780. The maximum atomic E-state index is 11.9. The zero-order valence-electron chi connectivity index (χ0n) is 15.4. The number of anilines is 2. The lowest BCUT2D eigenvalue weighted by Gasteiger charge is -2.12. The normalized spacial score (nSPS) is 10.1. The topological polar surface area (TPSA) is 79.5 Å². The maximum Gasteiger partial charge on any atom is 0.319 e. The number of carbonyl (C=O) groups excluding carboxylic acids is 2. The van der Waals surface area contributed by atoms with Crippen molar-refractivity contribution in [3.05, 3.63) is 53.6 Å². The molecule has 0 fully saturated rings. The third-order valence-corrected chi connectivity index (χ3v) is 3.72. The quantitative estimate of drug-likeness (QED) is 0.660. The summed E-state index contributed by atoms with van der Waals surface area (Å²) in [6, 6.07) is 12.7. The summed E-state index contributed by atoms with van der Waals surface area (Å²) in [7, 11) is 0. The van der Waals surface area contributed by atoms with Crippen LogP contribution in [-0.2, 0) is 4.79 Å². The molecule has 0 atom stereocenters. The van der Waals surface area contributed by atoms with E-state index in [1.807, 2.05) is 32.0 Å². The van der Waals surface area contributed by atoms with Crippen molar-refractivity contribution < 1.29 is 14.3 Å². The highest BCUT2D eigenvalue weighted by Gasteiger charge is 2.04. The third-order valence-electron chi connectivity index (χ3n) is 3.72. The molecule has 6 heteroatoms. The summed E-state index contributed by atoms with van der Waals surface area (Å²) in [5, 5.41) is 8.21. The number of benzene rings is 2. The Bertz CT molecular complexity index is 737. The van der Waals surface area contributed by atoms with Crippen LogP contribution in [0, 0.1) is 13.8 Å². The number of carbonyl (C=O) groups is 2. The molecule has 3 N–H and O–H groups in total. The molecule has 0 unspecified atom stereocenters. The fourth-order valence-electron chi connectivity index (χ4n) is 2.49. The number of nitrogens with one attached hydrogen (secondary N) is 3. The average molecular weight is 355 g/mol. The largest absolute Gasteiger partial charge is 0.493 e. The standard InChI is InChI=1S/C20H25N3O3/c1-14-6-4-7-15(2)19(14)26-13-5-12-21-20(25)23-18-10-8-17(9-11-18)22-16(3)24/h4,6-11H,5,12-13H2,1-3H3,(H,22,24)(H2,21,23,25). The lowest BCUT2D eigenvalue weighted by molar-refractivity contribution is -0.114. The molecule has 0 heterocycles. The average Bonchev–Trinajstić information content (AvgIpc) is 2.58. The van der Waals surface area contributed by atoms with E-state index in [1.165, 1.54) is 6.92 Å². The zero-order chi connectivity index (χ0) is 18.9. The maximum absolute atomic E-state index is 11.9. The van der Waals surface area contributed by atoms with E-state index in [1.54, 1.807) is 24.3 Å². The molecule has 138 valence electrons. The highest BCUT2D eigenvalue weighted by molar-refractivity contribution is 5.91. The van der Waals surface area contributed by atoms with Gasteiger partial charge in [-0.1, -0.05) is 18.2 Å². The van der Waals surface area contributed by atoms with Gasteiger partial charge in [-0.05, 0) is 55.7 Å². The molecule has 3 amide bonds. The van der Waals surface area contributed by atoms with Gasteiger partial charge in [0.2, 0.25) is 5.91 Å². The van der Waals surface area contributed by atoms with Crippen molar-refractivity contribution in [1.29, 1.82) is 0 Å². The second-order valence-electron chi connectivity index (χ2n) is 6.06. The summed E-state index contributed by atoms with van der Waals surface area (Å²) in [6.07, 6.45) is 0.711. The molecule has 2 aromatic carbocycles. The number of hydrogen-bond donors (Lipinski definition) is 3. The van der Waals surface area contributed by atoms with Crippen LogP contribution in [0.3, 0.4) is 0 Å². The molecule has 0 aromatic heterocycles. The molecular formula is C20H25N3O3. The van der Waals surface area contributed by atoms with Crippen LogP contribution in [0.5, 0.6) is 5.75 Å². The van der Waals surface area contributed by atoms with Gasteiger partial charge in [0.15, 0.2) is 0 Å². The van der Waals surface area contributed by atoms with Crippen molar-refractivity contribution in [3.63, 3.8) is 0 Å². The lowest BCUT2D eigenvalue weighted by Crippen LogP contribution is -2.30. The van der Waals surface area contributed by atoms with Gasteiger partial charge >= 0.3 is 6.03 Å². The molecule has 0 aliphatic heterocycles. The minimum Gasteiger partial charge on any atom is -0.493 e. The van der Waals surface area contributed by atoms with Gasteiger partial charge < -0.3 is 20.7 Å². The molecule has 0 aliphatic rings. The van der Waals surface area contributed by atoms with Crippen molar-refractivity contribution in [1.82, 2.24) is 5.32 Å². The number of urea groups is 1. The van der Waals surface area contributed by atoms with Crippen LogP contribution in [0.25, 0.3) is 0 Å². The summed E-state index contributed by atoms with van der Waals surface area (Å²) in [5.41, 5.74) is 3.56. The number of amides is 3. The lowest BCUT2D eigenvalue weighted by atomic mass is 10.1. The first-order chi connectivity index (χ1) is 12.5. The summed E-state index contributed by atoms with van der Waals surface area (Å²) in [4.78, 5) is 22.9. The Hall–Kier alpha value is -3.02. The van der Waals surface area contributed by atoms with Crippen molar-refractivity contribution in [2.45, 2.75) is 27.2 Å². The van der Waals surface area contributed by atoms with Gasteiger partial charge in [0.1, 0.15) is 5.75 Å². The Labute approximate surface area is 153 Å². The summed E-state index contributed by atoms with van der Waals surface area (Å²) in [6.45, 7) is 6.54. The van der Waals surface area contributed by atoms with Gasteiger partial charge in [-0.3, -0.25) is 4.79 Å². The Morgan fingerprint density at radius 1 is 0.923 bits per heavy atom. The second-order valence-corrected chi connectivity index (χ2v) is 6.06. The molecule has 0 saturated heterocycles. The van der Waals surface area contributed by atoms with Crippen LogP contribution in [0.15, 0.2) is 42.5 Å². The molecule has 6 nitrogen and oxygen atoms in total. The third kappa shape index (κ3) is 6.12. The van der Waals surface area contributed by atoms with Crippen LogP contribution < -0.4 is 20.7 Å². The Morgan fingerprint density at radius 3 is 2.08 bits per heavy atom. The van der Waals surface area contributed by atoms with Crippen molar-refractivity contribution in [3.8, 4) is 5.75 Å². The predicted octanol–water partition coefficient (Wildman–Crippen LogP) is 3.85. The van der Waals surface area contributed by atoms with E-state index in [0.717, 1.165) is 16.9 Å². The smallest absolute Gasteiger partial charge is 0.319 e. The SMILES string of the molecule is CC(=O)Nc1ccc(NC(=O)NCCCOc2c(C)cccc2C)cc1. The molecule has 0 spiro atoms. The number of ether oxygens (including phenoxy) is 1. The van der Waals surface area contributed by atoms with E-state index in [9.17, 15) is 9.59 Å². The van der Waals surface area contributed by atoms with E-state index in [4.69, 9.17) is 4.74 Å². The van der Waals surface area contributed by atoms with Gasteiger partial charge in [0.05, 0.1) is 6.61 Å². The van der Waals surface area contributed by atoms with Crippen LogP contribution >= 0.6 is 0 Å². The van der Waals surface area contributed by atoms with E-state index in [-0.39, 0.29) is 11.9 Å². The number of para-hydroxylation sites is 1. The Morgan fingerprint density at radius 2 is 1.50 bits per heavy atom. The first-order valence-corrected chi connectivity index (χ1v) is 8.57. The number of rotatable bonds is 7. The minimum absolute atomic E-state index is 0.133. The van der Waals surface area contributed by atoms with Crippen molar-refractivity contribution in [2.24, 2.45) is 0 Å². The molecule has 2 rings (SSSR count). The molecule has 26 heavy (non-hydrogen) atoms. The van der Waals surface area contributed by atoms with Gasteiger partial charge in [0.25, 0.3) is 0 Å². The van der Waals surface area contributed by atoms with E-state index < -0.39 is 0 Å². The van der Waals surface area contributed by atoms with Crippen molar-refractivity contribution in [2.75, 3.05) is 23.8 Å². The van der Waals surface area contributed by atoms with Gasteiger partial charge in [-0.15, -0.1) is 0 Å². The molecule has 0 aliphatic carbocycles. The minimum atomic E-state index is -0.274. The molecule has 0 bridgehead atoms. The van der Waals surface area contributed by atoms with Crippen molar-refractivity contribution >= 4 is 23.3 Å². The fraction of sp³-hybridized carbons (Fsp3) is 0.300. The second kappa shape index (κ2) is 9.46. The molecular weight excluding hydrogens is 330 g/mol. The first kappa shape index (κ1) is 19.3. The summed E-state index contributed by atoms with van der Waals surface area (Å²) < 4.78 is 5.81.